The summed E-state index contributed by atoms with van der Waals surface area (Å²) in [6.07, 6.45) is 0.486. The van der Waals surface area contributed by atoms with Crippen molar-refractivity contribution >= 4 is 12.4 Å². The van der Waals surface area contributed by atoms with Gasteiger partial charge in [-0.25, -0.2) is 0 Å². The fourth-order valence-electron chi connectivity index (χ4n) is 1.26. The molecule has 0 aromatic rings. The largest absolute Gasteiger partial charge is 0.395 e. The van der Waals surface area contributed by atoms with Crippen LogP contribution in [0.25, 0.3) is 0 Å². The third kappa shape index (κ3) is 2.09. The zero-order valence-electron chi connectivity index (χ0n) is 6.03. The minimum atomic E-state index is -0.229. The van der Waals surface area contributed by atoms with E-state index in [0.717, 1.165) is 0 Å². The predicted molar refractivity (Wildman–Crippen MR) is 41.4 cm³/mol. The molecule has 2 atom stereocenters. The fourth-order valence-corrected chi connectivity index (χ4v) is 1.26. The number of rotatable bonds is 1. The van der Waals surface area contributed by atoms with Gasteiger partial charge in [0, 0.05) is 12.6 Å². The second-order valence-electron chi connectivity index (χ2n) is 2.67. The molecule has 4 heteroatoms. The minimum absolute atomic E-state index is 0. The molecule has 1 aliphatic rings. The van der Waals surface area contributed by atoms with Gasteiger partial charge in [-0.3, -0.25) is 4.90 Å². The molecule has 1 rings (SSSR count). The molecule has 3 nitrogen and oxygen atoms in total. The first-order valence-corrected chi connectivity index (χ1v) is 3.23. The van der Waals surface area contributed by atoms with Crippen LogP contribution in [0.1, 0.15) is 6.42 Å². The lowest BCUT2D eigenvalue weighted by molar-refractivity contribution is 0.180. The van der Waals surface area contributed by atoms with Gasteiger partial charge in [-0.15, -0.1) is 12.4 Å². The van der Waals surface area contributed by atoms with Crippen LogP contribution in [0.2, 0.25) is 0 Å². The number of β-amino-alcohol motifs (C(OH)–C–C–N with tert-alkyl or cyclic N) is 1. The van der Waals surface area contributed by atoms with E-state index in [2.05, 4.69) is 0 Å². The number of nitrogens with zero attached hydrogens (tertiary/aromatic N) is 1. The summed E-state index contributed by atoms with van der Waals surface area (Å²) in [6, 6.07) is 0.181. The van der Waals surface area contributed by atoms with Gasteiger partial charge >= 0.3 is 0 Å². The molecule has 0 amide bonds. The Bertz CT molecular complexity index is 102. The Morgan fingerprint density at radius 3 is 2.40 bits per heavy atom. The van der Waals surface area contributed by atoms with Crippen molar-refractivity contribution in [2.75, 3.05) is 20.2 Å². The second kappa shape index (κ2) is 4.13. The molecular weight excluding hydrogens is 154 g/mol. The van der Waals surface area contributed by atoms with Gasteiger partial charge in [0.25, 0.3) is 0 Å². The Hall–Kier alpha value is 0.170. The lowest BCUT2D eigenvalue weighted by Gasteiger charge is -2.14. The van der Waals surface area contributed by atoms with Crippen molar-refractivity contribution in [1.29, 1.82) is 0 Å². The van der Waals surface area contributed by atoms with Gasteiger partial charge in [0.15, 0.2) is 0 Å². The van der Waals surface area contributed by atoms with Gasteiger partial charge < -0.3 is 10.2 Å². The molecule has 1 fully saturated rings. The zero-order valence-corrected chi connectivity index (χ0v) is 6.84. The van der Waals surface area contributed by atoms with Crippen molar-refractivity contribution in [2.45, 2.75) is 18.6 Å². The molecule has 1 aliphatic heterocycles. The van der Waals surface area contributed by atoms with E-state index < -0.39 is 0 Å². The van der Waals surface area contributed by atoms with Crippen LogP contribution in [-0.2, 0) is 0 Å². The minimum Gasteiger partial charge on any atom is -0.395 e. The molecule has 62 valence electrons. The lowest BCUT2D eigenvalue weighted by atomic mass is 10.2. The van der Waals surface area contributed by atoms with Crippen molar-refractivity contribution in [1.82, 2.24) is 4.90 Å². The maximum atomic E-state index is 9.05. The molecule has 0 aliphatic carbocycles. The number of likely N-dealkylation sites (N-methyl/N-ethyl adjacent to an activating group) is 1. The van der Waals surface area contributed by atoms with Crippen LogP contribution in [0, 0.1) is 0 Å². The van der Waals surface area contributed by atoms with Gasteiger partial charge in [0.2, 0.25) is 0 Å². The molecule has 1 heterocycles. The molecular formula is C6H14ClNO2. The summed E-state index contributed by atoms with van der Waals surface area (Å²) in [5.74, 6) is 0. The molecule has 0 unspecified atom stereocenters. The zero-order chi connectivity index (χ0) is 6.85. The third-order valence-electron chi connectivity index (χ3n) is 1.88. The Kier molecular flexibility index (Phi) is 4.20. The molecule has 1 saturated heterocycles. The van der Waals surface area contributed by atoms with Crippen LogP contribution in [0.3, 0.4) is 0 Å². The number of hydrogen-bond donors (Lipinski definition) is 2. The second-order valence-corrected chi connectivity index (χ2v) is 2.67. The quantitative estimate of drug-likeness (QED) is 0.552. The highest BCUT2D eigenvalue weighted by Gasteiger charge is 2.26. The van der Waals surface area contributed by atoms with Crippen molar-refractivity contribution < 1.29 is 10.2 Å². The van der Waals surface area contributed by atoms with E-state index in [0.29, 0.717) is 13.0 Å². The first-order chi connectivity index (χ1) is 4.24. The average Bonchev–Trinajstić information content (AvgIpc) is 2.10. The smallest absolute Gasteiger partial charge is 0.0682 e. The topological polar surface area (TPSA) is 43.7 Å². The Morgan fingerprint density at radius 2 is 2.20 bits per heavy atom. The van der Waals surface area contributed by atoms with Crippen LogP contribution in [0.5, 0.6) is 0 Å². The van der Waals surface area contributed by atoms with Crippen molar-refractivity contribution in [3.05, 3.63) is 0 Å². The number of aliphatic hydroxyl groups excluding tert-OH is 2. The molecule has 0 aromatic heterocycles. The van der Waals surface area contributed by atoms with E-state index in [1.54, 1.807) is 0 Å². The van der Waals surface area contributed by atoms with E-state index in [1.165, 1.54) is 0 Å². The van der Waals surface area contributed by atoms with Gasteiger partial charge in [-0.05, 0) is 13.5 Å². The molecule has 0 bridgehead atoms. The summed E-state index contributed by atoms with van der Waals surface area (Å²) in [5, 5.41) is 17.7. The fraction of sp³-hybridized carbons (Fsp3) is 1.00. The lowest BCUT2D eigenvalue weighted by Crippen LogP contribution is -2.27. The SMILES string of the molecule is CN1C[C@@H](O)C[C@@H]1CO.Cl. The van der Waals surface area contributed by atoms with E-state index in [1.807, 2.05) is 11.9 Å². The number of halogens is 1. The normalized spacial score (nSPS) is 33.9. The molecule has 0 radical (unpaired) electrons. The molecule has 0 spiro atoms. The van der Waals surface area contributed by atoms with Gasteiger partial charge in [0.1, 0.15) is 0 Å². The van der Waals surface area contributed by atoms with Crippen molar-refractivity contribution in [2.24, 2.45) is 0 Å². The molecule has 0 aromatic carbocycles. The summed E-state index contributed by atoms with van der Waals surface area (Å²) in [7, 11) is 1.91. The maximum Gasteiger partial charge on any atom is 0.0682 e. The van der Waals surface area contributed by atoms with Gasteiger partial charge in [-0.1, -0.05) is 0 Å². The number of likely N-dealkylation sites (tertiary alicyclic amines) is 1. The van der Waals surface area contributed by atoms with Crippen LogP contribution in [0.4, 0.5) is 0 Å². The maximum absolute atomic E-state index is 9.05. The number of aliphatic hydroxyl groups is 2. The summed E-state index contributed by atoms with van der Waals surface area (Å²) < 4.78 is 0. The van der Waals surface area contributed by atoms with E-state index in [4.69, 9.17) is 10.2 Å². The summed E-state index contributed by atoms with van der Waals surface area (Å²) in [5.41, 5.74) is 0. The first kappa shape index (κ1) is 10.2. The predicted octanol–water partition coefficient (Wildman–Crippen LogP) is -0.535. The monoisotopic (exact) mass is 167 g/mol. The highest BCUT2D eigenvalue weighted by atomic mass is 35.5. The summed E-state index contributed by atoms with van der Waals surface area (Å²) in [4.78, 5) is 1.98. The van der Waals surface area contributed by atoms with E-state index in [9.17, 15) is 0 Å². The van der Waals surface area contributed by atoms with Gasteiger partial charge in [0.05, 0.1) is 12.7 Å². The summed E-state index contributed by atoms with van der Waals surface area (Å²) in [6.45, 7) is 0.860. The van der Waals surface area contributed by atoms with Crippen molar-refractivity contribution in [3.63, 3.8) is 0 Å². The third-order valence-corrected chi connectivity index (χ3v) is 1.88. The van der Waals surface area contributed by atoms with E-state index in [-0.39, 0.29) is 31.2 Å². The Balaban J connectivity index is 0.000000810. The van der Waals surface area contributed by atoms with Crippen LogP contribution < -0.4 is 0 Å². The van der Waals surface area contributed by atoms with E-state index >= 15 is 0 Å². The highest BCUT2D eigenvalue weighted by Crippen LogP contribution is 2.13. The standard InChI is InChI=1S/C6H13NO2.ClH/c1-7-3-6(9)2-5(7)4-8;/h5-6,8-9H,2-4H2,1H3;1H/t5-,6+;/m1./s1. The Labute approximate surface area is 67.1 Å². The van der Waals surface area contributed by atoms with Crippen LogP contribution in [0.15, 0.2) is 0 Å². The van der Waals surface area contributed by atoms with Crippen molar-refractivity contribution in [3.8, 4) is 0 Å². The van der Waals surface area contributed by atoms with Crippen LogP contribution in [-0.4, -0.2) is 47.5 Å². The van der Waals surface area contributed by atoms with Gasteiger partial charge in [-0.2, -0.15) is 0 Å². The molecule has 10 heavy (non-hydrogen) atoms. The Morgan fingerprint density at radius 1 is 1.60 bits per heavy atom. The average molecular weight is 168 g/mol. The summed E-state index contributed by atoms with van der Waals surface area (Å²) >= 11 is 0. The first-order valence-electron chi connectivity index (χ1n) is 3.23. The molecule has 0 saturated carbocycles. The number of hydrogen-bond acceptors (Lipinski definition) is 3. The molecule has 2 N–H and O–H groups in total. The van der Waals surface area contributed by atoms with Crippen LogP contribution >= 0.6 is 12.4 Å². The highest BCUT2D eigenvalue weighted by molar-refractivity contribution is 5.85.